The number of rotatable bonds is 3. The molecule has 0 aromatic heterocycles. The second kappa shape index (κ2) is 5.70. The molecule has 5 heteroatoms. The molecule has 1 saturated heterocycles. The molecule has 2 amide bonds. The van der Waals surface area contributed by atoms with Crippen molar-refractivity contribution in [2.24, 2.45) is 0 Å². The van der Waals surface area contributed by atoms with Crippen molar-refractivity contribution in [1.82, 2.24) is 14.7 Å². The van der Waals surface area contributed by atoms with Crippen LogP contribution in [0.2, 0.25) is 0 Å². The summed E-state index contributed by atoms with van der Waals surface area (Å²) < 4.78 is 0. The maximum Gasteiger partial charge on any atom is 0.236 e. The van der Waals surface area contributed by atoms with Crippen LogP contribution in [0.1, 0.15) is 6.42 Å². The molecule has 1 aliphatic rings. The number of carbonyl (C=O) groups is 2. The van der Waals surface area contributed by atoms with Crippen LogP contribution in [0.15, 0.2) is 0 Å². The first-order valence-electron chi connectivity index (χ1n) is 5.25. The van der Waals surface area contributed by atoms with E-state index in [-0.39, 0.29) is 5.91 Å². The predicted octanol–water partition coefficient (Wildman–Crippen LogP) is -0.761. The van der Waals surface area contributed by atoms with Crippen LogP contribution >= 0.6 is 0 Å². The van der Waals surface area contributed by atoms with Crippen molar-refractivity contribution in [1.29, 1.82) is 0 Å². The largest absolute Gasteiger partial charge is 0.348 e. The molecule has 15 heavy (non-hydrogen) atoms. The van der Waals surface area contributed by atoms with Crippen molar-refractivity contribution in [2.75, 3.05) is 46.8 Å². The molecule has 0 bridgehead atoms. The number of hydrogen-bond donors (Lipinski definition) is 0. The molecular formula is C10H19N3O2. The highest BCUT2D eigenvalue weighted by Gasteiger charge is 2.16. The fourth-order valence-electron chi connectivity index (χ4n) is 1.59. The van der Waals surface area contributed by atoms with E-state index in [9.17, 15) is 9.59 Å². The van der Waals surface area contributed by atoms with Crippen molar-refractivity contribution in [2.45, 2.75) is 6.42 Å². The molecular weight excluding hydrogens is 194 g/mol. The van der Waals surface area contributed by atoms with Crippen LogP contribution in [0, 0.1) is 0 Å². The van der Waals surface area contributed by atoms with Crippen LogP contribution in [0.5, 0.6) is 0 Å². The van der Waals surface area contributed by atoms with Crippen LogP contribution in [-0.4, -0.2) is 73.8 Å². The number of likely N-dealkylation sites (N-methyl/N-ethyl adjacent to an activating group) is 1. The summed E-state index contributed by atoms with van der Waals surface area (Å²) in [5, 5.41) is 0. The van der Waals surface area contributed by atoms with Crippen molar-refractivity contribution in [3.63, 3.8) is 0 Å². The van der Waals surface area contributed by atoms with E-state index in [4.69, 9.17) is 0 Å². The number of hydrogen-bond acceptors (Lipinski definition) is 3. The van der Waals surface area contributed by atoms with Gasteiger partial charge in [0.15, 0.2) is 0 Å². The van der Waals surface area contributed by atoms with Crippen molar-refractivity contribution in [3.05, 3.63) is 0 Å². The summed E-state index contributed by atoms with van der Waals surface area (Å²) in [6.45, 7) is 3.67. The summed E-state index contributed by atoms with van der Waals surface area (Å²) in [7, 11) is 3.52. The Labute approximate surface area is 90.6 Å². The number of amides is 2. The molecule has 0 unspecified atom stereocenters. The highest BCUT2D eigenvalue weighted by molar-refractivity contribution is 5.77. The third kappa shape index (κ3) is 3.87. The smallest absolute Gasteiger partial charge is 0.236 e. The SMILES string of the molecule is CN(C)C(=O)CN1CCCN(C=O)CC1. The molecule has 5 nitrogen and oxygen atoms in total. The van der Waals surface area contributed by atoms with E-state index in [1.165, 1.54) is 0 Å². The predicted molar refractivity (Wildman–Crippen MR) is 57.4 cm³/mol. The maximum absolute atomic E-state index is 11.5. The highest BCUT2D eigenvalue weighted by Crippen LogP contribution is 2.01. The van der Waals surface area contributed by atoms with Gasteiger partial charge in [-0.25, -0.2) is 0 Å². The fraction of sp³-hybridized carbons (Fsp3) is 0.800. The third-order valence-electron chi connectivity index (χ3n) is 2.63. The van der Waals surface area contributed by atoms with Gasteiger partial charge in [0.1, 0.15) is 0 Å². The molecule has 0 spiro atoms. The minimum absolute atomic E-state index is 0.120. The van der Waals surface area contributed by atoms with Crippen molar-refractivity contribution >= 4 is 12.3 Å². The quantitative estimate of drug-likeness (QED) is 0.579. The molecule has 1 aliphatic heterocycles. The van der Waals surface area contributed by atoms with Gasteiger partial charge in [-0.15, -0.1) is 0 Å². The molecule has 1 fully saturated rings. The zero-order valence-electron chi connectivity index (χ0n) is 9.48. The molecule has 0 aromatic carbocycles. The molecule has 86 valence electrons. The Morgan fingerprint density at radius 3 is 2.60 bits per heavy atom. The summed E-state index contributed by atoms with van der Waals surface area (Å²) >= 11 is 0. The first kappa shape index (κ1) is 12.0. The number of carbonyl (C=O) groups excluding carboxylic acids is 2. The summed E-state index contributed by atoms with van der Waals surface area (Å²) in [4.78, 5) is 27.5. The lowest BCUT2D eigenvalue weighted by Gasteiger charge is -2.21. The first-order chi connectivity index (χ1) is 7.13. The molecule has 0 N–H and O–H groups in total. The van der Waals surface area contributed by atoms with E-state index in [2.05, 4.69) is 4.90 Å². The lowest BCUT2D eigenvalue weighted by Crippen LogP contribution is -2.38. The maximum atomic E-state index is 11.5. The molecule has 0 saturated carbocycles. The zero-order valence-corrected chi connectivity index (χ0v) is 9.48. The minimum atomic E-state index is 0.120. The monoisotopic (exact) mass is 213 g/mol. The molecule has 0 aliphatic carbocycles. The van der Waals surface area contributed by atoms with Gasteiger partial charge >= 0.3 is 0 Å². The molecule has 0 radical (unpaired) electrons. The Morgan fingerprint density at radius 2 is 2.00 bits per heavy atom. The minimum Gasteiger partial charge on any atom is -0.348 e. The Bertz CT molecular complexity index is 231. The lowest BCUT2D eigenvalue weighted by atomic mass is 10.4. The van der Waals surface area contributed by atoms with Gasteiger partial charge in [0, 0.05) is 40.3 Å². The molecule has 1 rings (SSSR count). The second-order valence-corrected chi connectivity index (χ2v) is 4.06. The standard InChI is InChI=1S/C10H19N3O2/c1-11(2)10(15)8-12-4-3-5-13(9-14)7-6-12/h9H,3-8H2,1-2H3. The second-order valence-electron chi connectivity index (χ2n) is 4.06. The van der Waals surface area contributed by atoms with Gasteiger partial charge in [0.2, 0.25) is 12.3 Å². The average molecular weight is 213 g/mol. The Balaban J connectivity index is 2.37. The van der Waals surface area contributed by atoms with Crippen LogP contribution in [0.4, 0.5) is 0 Å². The van der Waals surface area contributed by atoms with Crippen LogP contribution in [-0.2, 0) is 9.59 Å². The van der Waals surface area contributed by atoms with Crippen LogP contribution in [0.25, 0.3) is 0 Å². The van der Waals surface area contributed by atoms with E-state index in [1.807, 2.05) is 0 Å². The van der Waals surface area contributed by atoms with Gasteiger partial charge in [-0.1, -0.05) is 0 Å². The van der Waals surface area contributed by atoms with Gasteiger partial charge in [-0.2, -0.15) is 0 Å². The van der Waals surface area contributed by atoms with E-state index in [1.54, 1.807) is 23.9 Å². The van der Waals surface area contributed by atoms with E-state index in [0.717, 1.165) is 39.0 Å². The van der Waals surface area contributed by atoms with Gasteiger partial charge in [-0.05, 0) is 6.42 Å². The first-order valence-corrected chi connectivity index (χ1v) is 5.25. The number of nitrogens with zero attached hydrogens (tertiary/aromatic N) is 3. The van der Waals surface area contributed by atoms with Crippen molar-refractivity contribution < 1.29 is 9.59 Å². The summed E-state index contributed by atoms with van der Waals surface area (Å²) in [6.07, 6.45) is 1.83. The summed E-state index contributed by atoms with van der Waals surface area (Å²) in [5.41, 5.74) is 0. The topological polar surface area (TPSA) is 43.9 Å². The van der Waals surface area contributed by atoms with E-state index >= 15 is 0 Å². The van der Waals surface area contributed by atoms with Crippen molar-refractivity contribution in [3.8, 4) is 0 Å². The van der Waals surface area contributed by atoms with Crippen LogP contribution < -0.4 is 0 Å². The Hall–Kier alpha value is -1.10. The van der Waals surface area contributed by atoms with Gasteiger partial charge in [0.05, 0.1) is 6.54 Å². The van der Waals surface area contributed by atoms with Gasteiger partial charge in [-0.3, -0.25) is 14.5 Å². The molecule has 0 atom stereocenters. The Morgan fingerprint density at radius 1 is 1.27 bits per heavy atom. The fourth-order valence-corrected chi connectivity index (χ4v) is 1.59. The third-order valence-corrected chi connectivity index (χ3v) is 2.63. The normalized spacial score (nSPS) is 18.4. The van der Waals surface area contributed by atoms with Gasteiger partial charge in [0.25, 0.3) is 0 Å². The summed E-state index contributed by atoms with van der Waals surface area (Å²) in [5.74, 6) is 0.120. The van der Waals surface area contributed by atoms with Crippen LogP contribution in [0.3, 0.4) is 0 Å². The lowest BCUT2D eigenvalue weighted by molar-refractivity contribution is -0.129. The summed E-state index contributed by atoms with van der Waals surface area (Å²) in [6, 6.07) is 0. The average Bonchev–Trinajstić information content (AvgIpc) is 2.43. The zero-order chi connectivity index (χ0) is 11.3. The molecule has 0 aromatic rings. The van der Waals surface area contributed by atoms with E-state index < -0.39 is 0 Å². The molecule has 1 heterocycles. The Kier molecular flexibility index (Phi) is 4.55. The van der Waals surface area contributed by atoms with Gasteiger partial charge < -0.3 is 9.80 Å². The highest BCUT2D eigenvalue weighted by atomic mass is 16.2. The van der Waals surface area contributed by atoms with E-state index in [0.29, 0.717) is 6.54 Å².